The van der Waals surface area contributed by atoms with E-state index in [0.717, 1.165) is 6.42 Å². The lowest BCUT2D eigenvalue weighted by molar-refractivity contribution is -0.384. The fourth-order valence-corrected chi connectivity index (χ4v) is 1.85. The van der Waals surface area contributed by atoms with Crippen LogP contribution in [0.15, 0.2) is 24.5 Å². The first-order valence-electron chi connectivity index (χ1n) is 6.54. The van der Waals surface area contributed by atoms with Crippen LogP contribution in [0.1, 0.15) is 6.42 Å². The minimum absolute atomic E-state index is 0.00614. The molecular formula is C13H16N4O4. The van der Waals surface area contributed by atoms with Crippen molar-refractivity contribution in [3.63, 3.8) is 0 Å². The van der Waals surface area contributed by atoms with Crippen LogP contribution in [0, 0.1) is 10.1 Å². The first kappa shape index (κ1) is 15.1. The summed E-state index contributed by atoms with van der Waals surface area (Å²) in [4.78, 5) is 18.6. The fourth-order valence-electron chi connectivity index (χ4n) is 1.85. The molecule has 1 aromatic heterocycles. The second-order valence-corrected chi connectivity index (χ2v) is 4.30. The molecule has 0 atom stereocenters. The van der Waals surface area contributed by atoms with E-state index in [1.54, 1.807) is 6.07 Å². The van der Waals surface area contributed by atoms with E-state index in [4.69, 9.17) is 9.84 Å². The summed E-state index contributed by atoms with van der Waals surface area (Å²) in [6.45, 7) is 1.47. The van der Waals surface area contributed by atoms with Crippen molar-refractivity contribution < 1.29 is 14.8 Å². The summed E-state index contributed by atoms with van der Waals surface area (Å²) < 4.78 is 5.15. The molecule has 0 spiro atoms. The van der Waals surface area contributed by atoms with Crippen LogP contribution < -0.4 is 5.32 Å². The molecule has 0 aliphatic rings. The molecule has 0 radical (unpaired) electrons. The fraction of sp³-hybridized carbons (Fsp3) is 0.385. The predicted molar refractivity (Wildman–Crippen MR) is 77.2 cm³/mol. The van der Waals surface area contributed by atoms with Crippen LogP contribution in [0.5, 0.6) is 0 Å². The molecule has 2 rings (SSSR count). The summed E-state index contributed by atoms with van der Waals surface area (Å²) in [6, 6.07) is 4.48. The number of benzene rings is 1. The van der Waals surface area contributed by atoms with E-state index < -0.39 is 4.92 Å². The Hall–Kier alpha value is -2.32. The van der Waals surface area contributed by atoms with Crippen molar-refractivity contribution in [3.8, 4) is 0 Å². The molecule has 0 saturated heterocycles. The SMILES string of the molecule is O=[N+]([O-])c1ccc2ncnc(NCCCOCCO)c2c1. The van der Waals surface area contributed by atoms with Gasteiger partial charge in [-0.1, -0.05) is 0 Å². The average molecular weight is 292 g/mol. The molecule has 2 aromatic rings. The molecule has 0 amide bonds. The summed E-state index contributed by atoms with van der Waals surface area (Å²) >= 11 is 0. The number of anilines is 1. The number of nitro groups is 1. The van der Waals surface area contributed by atoms with Crippen LogP contribution >= 0.6 is 0 Å². The molecule has 1 heterocycles. The third-order valence-electron chi connectivity index (χ3n) is 2.82. The quantitative estimate of drug-likeness (QED) is 0.429. The van der Waals surface area contributed by atoms with Crippen LogP contribution in [0.4, 0.5) is 11.5 Å². The summed E-state index contributed by atoms with van der Waals surface area (Å²) in [6.07, 6.45) is 2.15. The summed E-state index contributed by atoms with van der Waals surface area (Å²) in [7, 11) is 0. The molecule has 0 unspecified atom stereocenters. The zero-order chi connectivity index (χ0) is 15.1. The number of hydrogen-bond acceptors (Lipinski definition) is 7. The van der Waals surface area contributed by atoms with Crippen molar-refractivity contribution in [2.24, 2.45) is 0 Å². The topological polar surface area (TPSA) is 110 Å². The van der Waals surface area contributed by atoms with Gasteiger partial charge in [-0.25, -0.2) is 9.97 Å². The maximum Gasteiger partial charge on any atom is 0.270 e. The van der Waals surface area contributed by atoms with Crippen molar-refractivity contribution in [2.75, 3.05) is 31.7 Å². The molecule has 8 heteroatoms. The van der Waals surface area contributed by atoms with Crippen LogP contribution in [-0.4, -0.2) is 46.4 Å². The molecule has 0 saturated carbocycles. The van der Waals surface area contributed by atoms with Gasteiger partial charge in [0.05, 0.1) is 23.7 Å². The van der Waals surface area contributed by atoms with E-state index >= 15 is 0 Å². The van der Waals surface area contributed by atoms with Crippen molar-refractivity contribution in [2.45, 2.75) is 6.42 Å². The monoisotopic (exact) mass is 292 g/mol. The Labute approximate surface area is 120 Å². The molecular weight excluding hydrogens is 276 g/mol. The van der Waals surface area contributed by atoms with Gasteiger partial charge in [0.15, 0.2) is 0 Å². The Bertz CT molecular complexity index is 620. The number of aliphatic hydroxyl groups excluding tert-OH is 1. The van der Waals surface area contributed by atoms with Gasteiger partial charge in [-0.2, -0.15) is 0 Å². The molecule has 0 aliphatic carbocycles. The lowest BCUT2D eigenvalue weighted by Crippen LogP contribution is -2.09. The Balaban J connectivity index is 2.05. The Kier molecular flexibility index (Phi) is 5.35. The van der Waals surface area contributed by atoms with Gasteiger partial charge in [-0.3, -0.25) is 10.1 Å². The van der Waals surface area contributed by atoms with Gasteiger partial charge >= 0.3 is 0 Å². The van der Waals surface area contributed by atoms with E-state index in [1.165, 1.54) is 18.5 Å². The second-order valence-electron chi connectivity index (χ2n) is 4.30. The Morgan fingerprint density at radius 1 is 1.33 bits per heavy atom. The number of aliphatic hydroxyl groups is 1. The molecule has 1 aromatic carbocycles. The number of hydrogen-bond donors (Lipinski definition) is 2. The first-order chi connectivity index (χ1) is 10.2. The predicted octanol–water partition coefficient (Wildman–Crippen LogP) is 1.35. The third-order valence-corrected chi connectivity index (χ3v) is 2.82. The zero-order valence-corrected chi connectivity index (χ0v) is 11.4. The highest BCUT2D eigenvalue weighted by atomic mass is 16.6. The van der Waals surface area contributed by atoms with Gasteiger partial charge in [-0.15, -0.1) is 0 Å². The van der Waals surface area contributed by atoms with E-state index in [-0.39, 0.29) is 12.3 Å². The number of ether oxygens (including phenoxy) is 1. The minimum atomic E-state index is -0.445. The highest BCUT2D eigenvalue weighted by molar-refractivity contribution is 5.90. The number of rotatable bonds is 8. The van der Waals surface area contributed by atoms with Gasteiger partial charge in [0.1, 0.15) is 12.1 Å². The number of nitrogens with zero attached hydrogens (tertiary/aromatic N) is 3. The number of fused-ring (bicyclic) bond motifs is 1. The Morgan fingerprint density at radius 2 is 2.19 bits per heavy atom. The average Bonchev–Trinajstić information content (AvgIpc) is 2.50. The van der Waals surface area contributed by atoms with Gasteiger partial charge < -0.3 is 15.2 Å². The van der Waals surface area contributed by atoms with Gasteiger partial charge in [-0.05, 0) is 12.5 Å². The lowest BCUT2D eigenvalue weighted by Gasteiger charge is -2.08. The highest BCUT2D eigenvalue weighted by Crippen LogP contribution is 2.24. The standard InChI is InChI=1S/C13H16N4O4/c18-5-7-21-6-1-4-14-13-11-8-10(17(19)20)2-3-12(11)15-9-16-13/h2-3,8-9,18H,1,4-7H2,(H,14,15,16). The van der Waals surface area contributed by atoms with Gasteiger partial charge in [0, 0.05) is 30.7 Å². The molecule has 8 nitrogen and oxygen atoms in total. The second kappa shape index (κ2) is 7.46. The molecule has 21 heavy (non-hydrogen) atoms. The van der Waals surface area contributed by atoms with Crippen LogP contribution in [0.25, 0.3) is 10.9 Å². The summed E-state index contributed by atoms with van der Waals surface area (Å²) in [5, 5.41) is 23.1. The van der Waals surface area contributed by atoms with E-state index in [2.05, 4.69) is 15.3 Å². The zero-order valence-electron chi connectivity index (χ0n) is 11.4. The minimum Gasteiger partial charge on any atom is -0.394 e. The van der Waals surface area contributed by atoms with E-state index in [1.807, 2.05) is 0 Å². The van der Waals surface area contributed by atoms with Crippen LogP contribution in [0.3, 0.4) is 0 Å². The molecule has 0 fully saturated rings. The third kappa shape index (κ3) is 4.07. The summed E-state index contributed by atoms with van der Waals surface area (Å²) in [5.41, 5.74) is 0.654. The van der Waals surface area contributed by atoms with E-state index in [9.17, 15) is 10.1 Å². The van der Waals surface area contributed by atoms with Crippen LogP contribution in [-0.2, 0) is 4.74 Å². The number of nitro benzene ring substituents is 1. The highest BCUT2D eigenvalue weighted by Gasteiger charge is 2.10. The largest absolute Gasteiger partial charge is 0.394 e. The van der Waals surface area contributed by atoms with Crippen molar-refractivity contribution >= 4 is 22.4 Å². The van der Waals surface area contributed by atoms with Crippen LogP contribution in [0.2, 0.25) is 0 Å². The van der Waals surface area contributed by atoms with Crippen molar-refractivity contribution in [3.05, 3.63) is 34.6 Å². The lowest BCUT2D eigenvalue weighted by atomic mass is 10.2. The molecule has 2 N–H and O–H groups in total. The van der Waals surface area contributed by atoms with Gasteiger partial charge in [0.2, 0.25) is 0 Å². The number of non-ortho nitro benzene ring substituents is 1. The van der Waals surface area contributed by atoms with E-state index in [0.29, 0.717) is 36.5 Å². The van der Waals surface area contributed by atoms with Gasteiger partial charge in [0.25, 0.3) is 5.69 Å². The van der Waals surface area contributed by atoms with Crippen molar-refractivity contribution in [1.29, 1.82) is 0 Å². The summed E-state index contributed by atoms with van der Waals surface area (Å²) in [5.74, 6) is 0.561. The first-order valence-corrected chi connectivity index (χ1v) is 6.54. The number of nitrogens with one attached hydrogen (secondary N) is 1. The smallest absolute Gasteiger partial charge is 0.270 e. The number of aromatic nitrogens is 2. The normalized spacial score (nSPS) is 10.7. The maximum atomic E-state index is 10.8. The molecule has 0 aliphatic heterocycles. The molecule has 0 bridgehead atoms. The molecule has 112 valence electrons. The maximum absolute atomic E-state index is 10.8. The van der Waals surface area contributed by atoms with Crippen molar-refractivity contribution in [1.82, 2.24) is 9.97 Å². The Morgan fingerprint density at radius 3 is 2.95 bits per heavy atom.